The van der Waals surface area contributed by atoms with Gasteiger partial charge < -0.3 is 15.0 Å². The number of anilines is 2. The van der Waals surface area contributed by atoms with Gasteiger partial charge in [-0.25, -0.2) is 8.42 Å². The molecular formula is C21H24N2O5S. The van der Waals surface area contributed by atoms with Crippen molar-refractivity contribution in [3.8, 4) is 5.75 Å². The fraction of sp³-hybridized carbons (Fsp3) is 0.333. The van der Waals surface area contributed by atoms with E-state index in [1.165, 1.54) is 31.4 Å². The van der Waals surface area contributed by atoms with Crippen molar-refractivity contribution in [1.82, 2.24) is 0 Å². The second-order valence-electron chi connectivity index (χ2n) is 7.11. The maximum Gasteiger partial charge on any atom is 0.255 e. The average molecular weight is 416 g/mol. The van der Waals surface area contributed by atoms with Crippen molar-refractivity contribution in [2.24, 2.45) is 0 Å². The van der Waals surface area contributed by atoms with Crippen molar-refractivity contribution < 1.29 is 22.7 Å². The van der Waals surface area contributed by atoms with Crippen molar-refractivity contribution in [3.63, 3.8) is 0 Å². The summed E-state index contributed by atoms with van der Waals surface area (Å²) in [4.78, 5) is 26.4. The predicted octanol–water partition coefficient (Wildman–Crippen LogP) is 3.26. The molecule has 0 aliphatic carbocycles. The molecule has 29 heavy (non-hydrogen) atoms. The Morgan fingerprint density at radius 1 is 1.14 bits per heavy atom. The molecule has 1 aliphatic heterocycles. The molecule has 1 aliphatic rings. The normalized spacial score (nSPS) is 14.3. The lowest BCUT2D eigenvalue weighted by molar-refractivity contribution is -0.117. The Bertz CT molecular complexity index is 1030. The van der Waals surface area contributed by atoms with E-state index in [-0.39, 0.29) is 16.7 Å². The number of ether oxygens (including phenoxy) is 1. The molecule has 0 bridgehead atoms. The highest BCUT2D eigenvalue weighted by Gasteiger charge is 2.25. The summed E-state index contributed by atoms with van der Waals surface area (Å²) in [6.07, 6.45) is 1.33. The Balaban J connectivity index is 1.78. The second kappa shape index (κ2) is 8.24. The van der Waals surface area contributed by atoms with E-state index in [1.54, 1.807) is 36.9 Å². The van der Waals surface area contributed by atoms with Gasteiger partial charge in [0.05, 0.1) is 22.9 Å². The molecule has 7 nitrogen and oxygen atoms in total. The monoisotopic (exact) mass is 416 g/mol. The van der Waals surface area contributed by atoms with Crippen LogP contribution in [0.1, 0.15) is 37.0 Å². The van der Waals surface area contributed by atoms with Crippen molar-refractivity contribution in [2.75, 3.05) is 23.9 Å². The first-order chi connectivity index (χ1) is 13.7. The van der Waals surface area contributed by atoms with Crippen LogP contribution in [0.4, 0.5) is 11.4 Å². The maximum atomic E-state index is 12.5. The topological polar surface area (TPSA) is 92.8 Å². The molecular weight excluding hydrogens is 392 g/mol. The highest BCUT2D eigenvalue weighted by atomic mass is 32.2. The minimum Gasteiger partial charge on any atom is -0.494 e. The molecule has 2 amide bonds. The van der Waals surface area contributed by atoms with Gasteiger partial charge in [0, 0.05) is 30.3 Å². The number of hydrogen-bond donors (Lipinski definition) is 1. The highest BCUT2D eigenvalue weighted by Crippen LogP contribution is 2.34. The molecule has 1 fully saturated rings. The molecule has 3 rings (SSSR count). The van der Waals surface area contributed by atoms with Crippen LogP contribution < -0.4 is 15.0 Å². The van der Waals surface area contributed by atoms with E-state index in [1.807, 2.05) is 0 Å². The molecule has 154 valence electrons. The van der Waals surface area contributed by atoms with Crippen LogP contribution in [0.3, 0.4) is 0 Å². The van der Waals surface area contributed by atoms with E-state index >= 15 is 0 Å². The van der Waals surface area contributed by atoms with Gasteiger partial charge in [0.2, 0.25) is 5.91 Å². The number of nitrogens with zero attached hydrogens (tertiary/aromatic N) is 1. The van der Waals surface area contributed by atoms with Crippen LogP contribution in [0.5, 0.6) is 5.75 Å². The Morgan fingerprint density at radius 3 is 2.38 bits per heavy atom. The minimum absolute atomic E-state index is 0.0523. The number of benzene rings is 2. The van der Waals surface area contributed by atoms with Crippen LogP contribution in [0.2, 0.25) is 0 Å². The van der Waals surface area contributed by atoms with Gasteiger partial charge in [0.15, 0.2) is 9.84 Å². The van der Waals surface area contributed by atoms with Gasteiger partial charge in [-0.3, -0.25) is 9.59 Å². The van der Waals surface area contributed by atoms with E-state index in [0.29, 0.717) is 35.7 Å². The number of rotatable bonds is 6. The summed E-state index contributed by atoms with van der Waals surface area (Å²) in [7, 11) is -1.87. The summed E-state index contributed by atoms with van der Waals surface area (Å²) in [5.41, 5.74) is 1.53. The van der Waals surface area contributed by atoms with Crippen molar-refractivity contribution in [2.45, 2.75) is 36.8 Å². The molecule has 1 N–H and O–H groups in total. The maximum absolute atomic E-state index is 12.5. The first kappa shape index (κ1) is 20.9. The van der Waals surface area contributed by atoms with Gasteiger partial charge in [-0.15, -0.1) is 0 Å². The lowest BCUT2D eigenvalue weighted by Crippen LogP contribution is -2.24. The second-order valence-corrected chi connectivity index (χ2v) is 9.61. The molecule has 0 aromatic heterocycles. The molecule has 0 atom stereocenters. The van der Waals surface area contributed by atoms with Crippen LogP contribution in [-0.4, -0.2) is 39.1 Å². The third kappa shape index (κ3) is 4.27. The summed E-state index contributed by atoms with van der Waals surface area (Å²) in [5, 5.41) is 2.24. The zero-order valence-electron chi connectivity index (χ0n) is 16.6. The number of amides is 2. The van der Waals surface area contributed by atoms with Crippen LogP contribution in [0.15, 0.2) is 47.4 Å². The molecule has 0 unspecified atom stereocenters. The van der Waals surface area contributed by atoms with E-state index < -0.39 is 15.1 Å². The first-order valence-corrected chi connectivity index (χ1v) is 10.9. The molecule has 2 aromatic carbocycles. The summed E-state index contributed by atoms with van der Waals surface area (Å²) in [6, 6.07) is 11.0. The van der Waals surface area contributed by atoms with Gasteiger partial charge >= 0.3 is 0 Å². The third-order valence-electron chi connectivity index (χ3n) is 4.87. The standard InChI is InChI=1S/C21H24N2O5S/c1-14(2)29(26,27)17-9-6-15(7-10-17)21(25)22-16-8-11-18(19(13-16)28-3)23-12-4-5-20(23)24/h6-11,13-14H,4-5,12H2,1-3H3,(H,22,25). The molecule has 0 radical (unpaired) electrons. The number of methoxy groups -OCH3 is 1. The Labute approximate surface area is 170 Å². The van der Waals surface area contributed by atoms with E-state index in [9.17, 15) is 18.0 Å². The van der Waals surface area contributed by atoms with E-state index in [2.05, 4.69) is 5.32 Å². The Morgan fingerprint density at radius 2 is 1.83 bits per heavy atom. The number of carbonyl (C=O) groups is 2. The Kier molecular flexibility index (Phi) is 5.93. The summed E-state index contributed by atoms with van der Waals surface area (Å²) < 4.78 is 29.8. The van der Waals surface area contributed by atoms with Crippen LogP contribution in [0, 0.1) is 0 Å². The molecule has 1 heterocycles. The van der Waals surface area contributed by atoms with Gasteiger partial charge in [-0.05, 0) is 56.7 Å². The zero-order chi connectivity index (χ0) is 21.2. The fourth-order valence-electron chi connectivity index (χ4n) is 3.15. The van der Waals surface area contributed by atoms with Gasteiger partial charge in [0.25, 0.3) is 5.91 Å². The quantitative estimate of drug-likeness (QED) is 0.780. The lowest BCUT2D eigenvalue weighted by Gasteiger charge is -2.19. The largest absolute Gasteiger partial charge is 0.494 e. The van der Waals surface area contributed by atoms with Crippen molar-refractivity contribution in [3.05, 3.63) is 48.0 Å². The van der Waals surface area contributed by atoms with Crippen molar-refractivity contribution >= 4 is 33.0 Å². The molecule has 8 heteroatoms. The molecule has 2 aromatic rings. The average Bonchev–Trinajstić information content (AvgIpc) is 3.13. The van der Waals surface area contributed by atoms with Crippen LogP contribution >= 0.6 is 0 Å². The lowest BCUT2D eigenvalue weighted by atomic mass is 10.2. The fourth-order valence-corrected chi connectivity index (χ4v) is 4.21. The van der Waals surface area contributed by atoms with Crippen molar-refractivity contribution in [1.29, 1.82) is 0 Å². The highest BCUT2D eigenvalue weighted by molar-refractivity contribution is 7.92. The summed E-state index contributed by atoms with van der Waals surface area (Å²) in [6.45, 7) is 3.87. The molecule has 0 saturated carbocycles. The summed E-state index contributed by atoms with van der Waals surface area (Å²) >= 11 is 0. The first-order valence-electron chi connectivity index (χ1n) is 9.37. The number of carbonyl (C=O) groups excluding carboxylic acids is 2. The number of hydrogen-bond acceptors (Lipinski definition) is 5. The minimum atomic E-state index is -3.39. The van der Waals surface area contributed by atoms with E-state index in [0.717, 1.165) is 6.42 Å². The molecule has 1 saturated heterocycles. The molecule has 0 spiro atoms. The van der Waals surface area contributed by atoms with Gasteiger partial charge in [-0.1, -0.05) is 0 Å². The third-order valence-corrected chi connectivity index (χ3v) is 7.04. The van der Waals surface area contributed by atoms with Crippen LogP contribution in [0.25, 0.3) is 0 Å². The van der Waals surface area contributed by atoms with E-state index in [4.69, 9.17) is 4.74 Å². The number of nitrogens with one attached hydrogen (secondary N) is 1. The van der Waals surface area contributed by atoms with Gasteiger partial charge in [0.1, 0.15) is 5.75 Å². The zero-order valence-corrected chi connectivity index (χ0v) is 17.5. The SMILES string of the molecule is COc1cc(NC(=O)c2ccc(S(=O)(=O)C(C)C)cc2)ccc1N1CCCC1=O. The predicted molar refractivity (Wildman–Crippen MR) is 111 cm³/mol. The Hall–Kier alpha value is -2.87. The summed E-state index contributed by atoms with van der Waals surface area (Å²) in [5.74, 6) is 0.179. The smallest absolute Gasteiger partial charge is 0.255 e. The van der Waals surface area contributed by atoms with Gasteiger partial charge in [-0.2, -0.15) is 0 Å². The van der Waals surface area contributed by atoms with Crippen LogP contribution in [-0.2, 0) is 14.6 Å². The number of sulfone groups is 1.